The van der Waals surface area contributed by atoms with Gasteiger partial charge in [-0.1, -0.05) is 24.3 Å². The van der Waals surface area contributed by atoms with E-state index in [4.69, 9.17) is 9.47 Å². The lowest BCUT2D eigenvalue weighted by atomic mass is 9.87. The number of para-hydroxylation sites is 1. The van der Waals surface area contributed by atoms with Crippen LogP contribution in [0.3, 0.4) is 0 Å². The lowest BCUT2D eigenvalue weighted by Crippen LogP contribution is -2.40. The van der Waals surface area contributed by atoms with Crippen LogP contribution in [0.5, 0.6) is 0 Å². The summed E-state index contributed by atoms with van der Waals surface area (Å²) >= 11 is 0. The van der Waals surface area contributed by atoms with Crippen LogP contribution in [0, 0.1) is 11.7 Å². The molecule has 1 saturated heterocycles. The molecule has 2 fully saturated rings. The predicted octanol–water partition coefficient (Wildman–Crippen LogP) is 4.80. The van der Waals surface area contributed by atoms with Crippen LogP contribution in [-0.4, -0.2) is 65.8 Å². The number of anilines is 1. The number of aromatic nitrogens is 1. The van der Waals surface area contributed by atoms with Gasteiger partial charge in [0.2, 0.25) is 5.91 Å². The normalized spacial score (nSPS) is 22.6. The zero-order valence-corrected chi connectivity index (χ0v) is 23.3. The highest BCUT2D eigenvalue weighted by molar-refractivity contribution is 6.13. The van der Waals surface area contributed by atoms with Crippen LogP contribution in [0.25, 0.3) is 10.9 Å². The number of aryl methyl sites for hydroxylation is 1. The largest absolute Gasteiger partial charge is 0.469 e. The van der Waals surface area contributed by atoms with Crippen molar-refractivity contribution in [2.75, 3.05) is 25.6 Å². The quantitative estimate of drug-likeness (QED) is 0.395. The van der Waals surface area contributed by atoms with Crippen molar-refractivity contribution >= 4 is 34.4 Å². The fourth-order valence-corrected chi connectivity index (χ4v) is 5.96. The Kier molecular flexibility index (Phi) is 8.68. The van der Waals surface area contributed by atoms with Gasteiger partial charge in [0.25, 0.3) is 5.91 Å². The molecule has 1 N–H and O–H groups in total. The van der Waals surface area contributed by atoms with Gasteiger partial charge in [-0.3, -0.25) is 14.4 Å². The molecule has 1 aliphatic carbocycles. The maximum atomic E-state index is 15.0. The molecule has 2 aliphatic rings. The molecule has 0 unspecified atom stereocenters. The van der Waals surface area contributed by atoms with Crippen LogP contribution in [0.1, 0.15) is 48.0 Å². The molecular formula is C31H35F2N3O5. The maximum Gasteiger partial charge on any atom is 0.308 e. The second-order valence-corrected chi connectivity index (χ2v) is 11.0. The first-order valence-corrected chi connectivity index (χ1v) is 14.0. The molecule has 1 saturated carbocycles. The van der Waals surface area contributed by atoms with Crippen LogP contribution >= 0.6 is 0 Å². The molecule has 0 radical (unpaired) electrons. The van der Waals surface area contributed by atoms with Gasteiger partial charge in [0.05, 0.1) is 56.0 Å². The number of alkyl halides is 1. The number of amides is 2. The molecular weight excluding hydrogens is 532 g/mol. The minimum atomic E-state index is -1.15. The molecule has 2 amide bonds. The van der Waals surface area contributed by atoms with Crippen LogP contribution < -0.4 is 5.32 Å². The van der Waals surface area contributed by atoms with Crippen LogP contribution in [0.15, 0.2) is 48.7 Å². The van der Waals surface area contributed by atoms with Gasteiger partial charge >= 0.3 is 5.97 Å². The Balaban J connectivity index is 1.17. The molecule has 2 heterocycles. The number of ether oxygens (including phenoxy) is 2. The highest BCUT2D eigenvalue weighted by Crippen LogP contribution is 2.29. The van der Waals surface area contributed by atoms with Crippen LogP contribution in [-0.2, 0) is 32.5 Å². The van der Waals surface area contributed by atoms with E-state index in [1.165, 1.54) is 24.1 Å². The summed E-state index contributed by atoms with van der Waals surface area (Å²) in [5.41, 5.74) is 1.76. The third kappa shape index (κ3) is 6.43. The van der Waals surface area contributed by atoms with E-state index in [-0.39, 0.29) is 55.6 Å². The molecule has 2 aromatic carbocycles. The zero-order chi connectivity index (χ0) is 29.1. The lowest BCUT2D eigenvalue weighted by Gasteiger charge is -2.30. The minimum Gasteiger partial charge on any atom is -0.469 e. The summed E-state index contributed by atoms with van der Waals surface area (Å²) < 4.78 is 42.0. The van der Waals surface area contributed by atoms with E-state index in [1.54, 1.807) is 12.3 Å². The summed E-state index contributed by atoms with van der Waals surface area (Å²) in [6.07, 6.45) is 3.39. The summed E-state index contributed by atoms with van der Waals surface area (Å²) in [6, 6.07) is 11.3. The molecule has 218 valence electrons. The van der Waals surface area contributed by atoms with Gasteiger partial charge in [0, 0.05) is 30.6 Å². The van der Waals surface area contributed by atoms with E-state index in [0.717, 1.165) is 10.9 Å². The zero-order valence-electron chi connectivity index (χ0n) is 23.3. The SMILES string of the molecule is COC(=O)[C@H]1CC[C@H](OC[C@@H]2C[C@H](F)CN2C(=O)Cc2ccc(NC(=O)c3cn(C)c4ccccc34)c(F)c2)CC1. The van der Waals surface area contributed by atoms with Crippen molar-refractivity contribution in [2.24, 2.45) is 13.0 Å². The molecule has 10 heteroatoms. The molecule has 0 bridgehead atoms. The number of likely N-dealkylation sites (tertiary alicyclic amines) is 1. The third-order valence-corrected chi connectivity index (χ3v) is 8.20. The summed E-state index contributed by atoms with van der Waals surface area (Å²) in [5, 5.41) is 3.39. The van der Waals surface area contributed by atoms with Crippen molar-refractivity contribution in [3.8, 4) is 0 Å². The number of benzene rings is 2. The molecule has 8 nitrogen and oxygen atoms in total. The van der Waals surface area contributed by atoms with Gasteiger partial charge in [0.1, 0.15) is 12.0 Å². The van der Waals surface area contributed by atoms with E-state index >= 15 is 0 Å². The average molecular weight is 568 g/mol. The van der Waals surface area contributed by atoms with Crippen LogP contribution in [0.2, 0.25) is 0 Å². The summed E-state index contributed by atoms with van der Waals surface area (Å²) in [7, 11) is 3.23. The number of halogens is 2. The number of hydrogen-bond donors (Lipinski definition) is 1. The van der Waals surface area contributed by atoms with Gasteiger partial charge in [-0.25, -0.2) is 8.78 Å². The van der Waals surface area contributed by atoms with Crippen molar-refractivity contribution in [1.82, 2.24) is 9.47 Å². The van der Waals surface area contributed by atoms with E-state index in [2.05, 4.69) is 5.32 Å². The number of nitrogens with zero attached hydrogens (tertiary/aromatic N) is 2. The Morgan fingerprint density at radius 2 is 1.83 bits per heavy atom. The highest BCUT2D eigenvalue weighted by Gasteiger charge is 2.36. The lowest BCUT2D eigenvalue weighted by molar-refractivity contribution is -0.148. The fourth-order valence-electron chi connectivity index (χ4n) is 5.96. The first-order valence-electron chi connectivity index (χ1n) is 14.0. The van der Waals surface area contributed by atoms with E-state index in [1.807, 2.05) is 35.9 Å². The topological polar surface area (TPSA) is 89.9 Å². The van der Waals surface area contributed by atoms with Gasteiger partial charge in [-0.15, -0.1) is 0 Å². The Morgan fingerprint density at radius 3 is 2.56 bits per heavy atom. The number of nitrogens with one attached hydrogen (secondary N) is 1. The van der Waals surface area contributed by atoms with Gasteiger partial charge in [0.15, 0.2) is 0 Å². The van der Waals surface area contributed by atoms with Crippen LogP contribution in [0.4, 0.5) is 14.5 Å². The highest BCUT2D eigenvalue weighted by atomic mass is 19.1. The Labute approximate surface area is 237 Å². The van der Waals surface area contributed by atoms with Gasteiger partial charge in [-0.2, -0.15) is 0 Å². The average Bonchev–Trinajstić information content (AvgIpc) is 3.52. The molecule has 2 atom stereocenters. The summed E-state index contributed by atoms with van der Waals surface area (Å²) in [6.45, 7) is 0.191. The molecule has 0 spiro atoms. The molecule has 5 rings (SSSR count). The molecule has 1 aromatic heterocycles. The maximum absolute atomic E-state index is 15.0. The first kappa shape index (κ1) is 28.7. The Bertz CT molecular complexity index is 1430. The van der Waals surface area contributed by atoms with Crippen molar-refractivity contribution in [3.05, 3.63) is 65.6 Å². The van der Waals surface area contributed by atoms with Crippen molar-refractivity contribution in [3.63, 3.8) is 0 Å². The fraction of sp³-hybridized carbons (Fsp3) is 0.452. The minimum absolute atomic E-state index is 0.0114. The Morgan fingerprint density at radius 1 is 1.07 bits per heavy atom. The monoisotopic (exact) mass is 567 g/mol. The standard InChI is InChI=1S/C31H35F2N3O5/c1-35-17-25(24-5-3-4-6-28(24)35)30(38)34-27-12-7-19(13-26(27)33)14-29(37)36-16-21(32)15-22(36)18-41-23-10-8-20(9-11-23)31(39)40-2/h3-7,12-13,17,20-23H,8-11,14-16,18H2,1-2H3,(H,34,38)/t20-,21-,22-,23-/m0/s1. The summed E-state index contributed by atoms with van der Waals surface area (Å²) in [5.74, 6) is -1.71. The van der Waals surface area contributed by atoms with Crippen molar-refractivity contribution in [2.45, 2.75) is 56.8 Å². The van der Waals surface area contributed by atoms with Gasteiger partial charge in [-0.05, 0) is 49.4 Å². The second kappa shape index (κ2) is 12.4. The second-order valence-electron chi connectivity index (χ2n) is 11.0. The number of esters is 1. The smallest absolute Gasteiger partial charge is 0.308 e. The van der Waals surface area contributed by atoms with E-state index < -0.39 is 23.9 Å². The third-order valence-electron chi connectivity index (χ3n) is 8.20. The van der Waals surface area contributed by atoms with Crippen molar-refractivity contribution < 1.29 is 32.6 Å². The number of hydrogen-bond acceptors (Lipinski definition) is 5. The van der Waals surface area contributed by atoms with Gasteiger partial charge < -0.3 is 24.3 Å². The van der Waals surface area contributed by atoms with Crippen molar-refractivity contribution in [1.29, 1.82) is 0 Å². The first-order chi connectivity index (χ1) is 19.7. The molecule has 41 heavy (non-hydrogen) atoms. The Hall–Kier alpha value is -3.79. The number of carbonyl (C=O) groups is 3. The van der Waals surface area contributed by atoms with E-state index in [0.29, 0.717) is 36.8 Å². The summed E-state index contributed by atoms with van der Waals surface area (Å²) in [4.78, 5) is 39.3. The number of rotatable bonds is 8. The van der Waals surface area contributed by atoms with E-state index in [9.17, 15) is 23.2 Å². The number of fused-ring (bicyclic) bond motifs is 1. The molecule has 1 aliphatic heterocycles. The molecule has 3 aromatic rings. The predicted molar refractivity (Wildman–Crippen MR) is 150 cm³/mol. The number of carbonyl (C=O) groups excluding carboxylic acids is 3. The number of methoxy groups -OCH3 is 1.